The zero-order chi connectivity index (χ0) is 22.0. The Hall–Kier alpha value is -4.02. The Morgan fingerprint density at radius 1 is 1.20 bits per heavy atom. The lowest BCUT2D eigenvalue weighted by Gasteiger charge is -2.17. The lowest BCUT2D eigenvalue weighted by Crippen LogP contribution is -2.36. The number of hydrogen-bond acceptors (Lipinski definition) is 7. The number of aromatic hydroxyl groups is 1. The first-order valence-electron chi connectivity index (χ1n) is 8.76. The minimum atomic E-state index is -1.29. The lowest BCUT2D eigenvalue weighted by molar-refractivity contribution is -0.135. The van der Waals surface area contributed by atoms with Gasteiger partial charge in [-0.3, -0.25) is 19.0 Å². The molecule has 2 aromatic heterocycles. The van der Waals surface area contributed by atoms with Gasteiger partial charge in [-0.25, -0.2) is 4.98 Å². The summed E-state index contributed by atoms with van der Waals surface area (Å²) in [4.78, 5) is 40.7. The van der Waals surface area contributed by atoms with E-state index in [9.17, 15) is 19.5 Å². The van der Waals surface area contributed by atoms with E-state index in [-0.39, 0.29) is 23.2 Å². The number of carbonyl (C=O) groups is 2. The molecule has 1 amide bonds. The van der Waals surface area contributed by atoms with E-state index in [0.29, 0.717) is 11.6 Å². The molecule has 1 aromatic carbocycles. The number of nitrogens with one attached hydrogen (secondary N) is 1. The summed E-state index contributed by atoms with van der Waals surface area (Å²) in [7, 11) is 4.59. The molecular weight excluding hydrogens is 396 g/mol. The largest absolute Gasteiger partial charge is 0.506 e. The van der Waals surface area contributed by atoms with E-state index in [1.165, 1.54) is 30.9 Å². The molecule has 0 spiro atoms. The minimum Gasteiger partial charge on any atom is -0.506 e. The first kappa shape index (κ1) is 20.7. The molecule has 2 heterocycles. The molecule has 0 saturated carbocycles. The number of methoxy groups -OCH3 is 2. The van der Waals surface area contributed by atoms with Crippen LogP contribution in [-0.4, -0.2) is 57.0 Å². The van der Waals surface area contributed by atoms with Crippen molar-refractivity contribution in [3.05, 3.63) is 46.3 Å². The van der Waals surface area contributed by atoms with Gasteiger partial charge in [0.1, 0.15) is 23.7 Å². The van der Waals surface area contributed by atoms with Gasteiger partial charge in [0.15, 0.2) is 11.5 Å². The fourth-order valence-electron chi connectivity index (χ4n) is 3.06. The summed E-state index contributed by atoms with van der Waals surface area (Å²) in [5, 5.41) is 21.8. The Labute approximate surface area is 170 Å². The van der Waals surface area contributed by atoms with Crippen molar-refractivity contribution >= 4 is 22.8 Å². The molecule has 11 heteroatoms. The van der Waals surface area contributed by atoms with E-state index in [2.05, 4.69) is 10.3 Å². The second-order valence-corrected chi connectivity index (χ2v) is 6.37. The number of carboxylic acid groups (broad SMARTS) is 1. The van der Waals surface area contributed by atoms with Crippen LogP contribution >= 0.6 is 0 Å². The van der Waals surface area contributed by atoms with E-state index >= 15 is 0 Å². The molecule has 30 heavy (non-hydrogen) atoms. The van der Waals surface area contributed by atoms with Crippen molar-refractivity contribution in [1.82, 2.24) is 19.4 Å². The molecular formula is C19H20N4O7. The van der Waals surface area contributed by atoms with Crippen molar-refractivity contribution in [1.29, 1.82) is 0 Å². The second-order valence-electron chi connectivity index (χ2n) is 6.37. The number of rotatable bonds is 7. The molecule has 0 fully saturated rings. The van der Waals surface area contributed by atoms with Crippen LogP contribution in [0.4, 0.5) is 0 Å². The van der Waals surface area contributed by atoms with Crippen LogP contribution in [0.2, 0.25) is 0 Å². The highest BCUT2D eigenvalue weighted by Gasteiger charge is 2.25. The molecule has 3 N–H and O–H groups in total. The molecule has 0 unspecified atom stereocenters. The van der Waals surface area contributed by atoms with Gasteiger partial charge in [0, 0.05) is 30.9 Å². The predicted molar refractivity (Wildman–Crippen MR) is 105 cm³/mol. The van der Waals surface area contributed by atoms with E-state index in [1.807, 2.05) is 0 Å². The Balaban J connectivity index is 2.31. The third-order valence-corrected chi connectivity index (χ3v) is 4.59. The fourth-order valence-corrected chi connectivity index (χ4v) is 3.06. The number of aliphatic carboxylic acids is 1. The average Bonchev–Trinajstić information content (AvgIpc) is 3.13. The standard InChI is InChI=1S/C19H20N4O7/c1-22-5-4-20-14(22)9-23-11-7-13(30-3)12(29-2)6-10(11)17(26)16(19(23)28)18(27)21-8-15(24)25/h4-7,26H,8-9H2,1-3H3,(H,21,27)(H,24,25). The van der Waals surface area contributed by atoms with Crippen LogP contribution in [0.3, 0.4) is 0 Å². The smallest absolute Gasteiger partial charge is 0.322 e. The maximum atomic E-state index is 13.2. The van der Waals surface area contributed by atoms with Gasteiger partial charge in [-0.1, -0.05) is 0 Å². The molecule has 0 saturated heterocycles. The molecule has 0 aliphatic rings. The summed E-state index contributed by atoms with van der Waals surface area (Å²) in [6.07, 6.45) is 3.26. The zero-order valence-corrected chi connectivity index (χ0v) is 16.5. The zero-order valence-electron chi connectivity index (χ0n) is 16.5. The highest BCUT2D eigenvalue weighted by atomic mass is 16.5. The number of carboxylic acids is 1. The van der Waals surface area contributed by atoms with E-state index in [4.69, 9.17) is 14.6 Å². The van der Waals surface area contributed by atoms with Gasteiger partial charge in [0.25, 0.3) is 11.5 Å². The van der Waals surface area contributed by atoms with Crippen molar-refractivity contribution in [2.24, 2.45) is 7.05 Å². The molecule has 3 rings (SSSR count). The second kappa shape index (κ2) is 8.15. The van der Waals surface area contributed by atoms with E-state index < -0.39 is 35.3 Å². The third-order valence-electron chi connectivity index (χ3n) is 4.59. The molecule has 0 atom stereocenters. The Kier molecular flexibility index (Phi) is 5.63. The van der Waals surface area contributed by atoms with Crippen molar-refractivity contribution < 1.29 is 29.3 Å². The van der Waals surface area contributed by atoms with Crippen LogP contribution < -0.4 is 20.3 Å². The van der Waals surface area contributed by atoms with Crippen molar-refractivity contribution in [3.8, 4) is 17.2 Å². The quantitative estimate of drug-likeness (QED) is 0.499. The molecule has 0 radical (unpaired) electrons. The number of hydrogen-bond donors (Lipinski definition) is 3. The molecule has 0 aliphatic carbocycles. The number of pyridine rings is 1. The number of ether oxygens (including phenoxy) is 2. The van der Waals surface area contributed by atoms with Gasteiger partial charge in [-0.2, -0.15) is 0 Å². The molecule has 0 aliphatic heterocycles. The highest BCUT2D eigenvalue weighted by Crippen LogP contribution is 2.36. The van der Waals surface area contributed by atoms with Gasteiger partial charge in [-0.05, 0) is 6.07 Å². The van der Waals surface area contributed by atoms with Gasteiger partial charge in [0.05, 0.1) is 26.3 Å². The number of carbonyl (C=O) groups excluding carboxylic acids is 1. The van der Waals surface area contributed by atoms with Gasteiger partial charge >= 0.3 is 5.97 Å². The number of aromatic nitrogens is 3. The van der Waals surface area contributed by atoms with E-state index in [1.54, 1.807) is 24.0 Å². The summed E-state index contributed by atoms with van der Waals surface area (Å²) in [5.74, 6) is -1.76. The lowest BCUT2D eigenvalue weighted by atomic mass is 10.1. The maximum Gasteiger partial charge on any atom is 0.322 e. The monoisotopic (exact) mass is 416 g/mol. The summed E-state index contributed by atoms with van der Waals surface area (Å²) < 4.78 is 13.5. The first-order chi connectivity index (χ1) is 14.3. The average molecular weight is 416 g/mol. The topological polar surface area (TPSA) is 145 Å². The van der Waals surface area contributed by atoms with Gasteiger partial charge < -0.3 is 29.6 Å². The number of benzene rings is 1. The van der Waals surface area contributed by atoms with Crippen LogP contribution in [-0.2, 0) is 18.4 Å². The summed E-state index contributed by atoms with van der Waals surface area (Å²) in [5.41, 5.74) is -1.10. The summed E-state index contributed by atoms with van der Waals surface area (Å²) in [6, 6.07) is 2.95. The summed E-state index contributed by atoms with van der Waals surface area (Å²) in [6.45, 7) is -0.713. The van der Waals surface area contributed by atoms with Crippen molar-refractivity contribution in [2.45, 2.75) is 6.54 Å². The number of nitrogens with zero attached hydrogens (tertiary/aromatic N) is 3. The number of aryl methyl sites for hydroxylation is 1. The van der Waals surface area contributed by atoms with E-state index in [0.717, 1.165) is 0 Å². The number of imidazole rings is 1. The maximum absolute atomic E-state index is 13.2. The van der Waals surface area contributed by atoms with Crippen LogP contribution in [0.15, 0.2) is 29.3 Å². The van der Waals surface area contributed by atoms with Crippen LogP contribution in [0.1, 0.15) is 16.2 Å². The van der Waals surface area contributed by atoms with Crippen LogP contribution in [0.5, 0.6) is 17.2 Å². The van der Waals surface area contributed by atoms with Gasteiger partial charge in [-0.15, -0.1) is 0 Å². The molecule has 3 aromatic rings. The van der Waals surface area contributed by atoms with Crippen molar-refractivity contribution in [2.75, 3.05) is 20.8 Å². The predicted octanol–water partition coefficient (Wildman–Crippen LogP) is 0.321. The molecule has 0 bridgehead atoms. The first-order valence-corrected chi connectivity index (χ1v) is 8.76. The van der Waals surface area contributed by atoms with Crippen LogP contribution in [0.25, 0.3) is 10.9 Å². The fraction of sp³-hybridized carbons (Fsp3) is 0.263. The van der Waals surface area contributed by atoms with Crippen molar-refractivity contribution in [3.63, 3.8) is 0 Å². The third kappa shape index (κ3) is 3.64. The number of amides is 1. The Morgan fingerprint density at radius 3 is 2.43 bits per heavy atom. The normalized spacial score (nSPS) is 10.8. The highest BCUT2D eigenvalue weighted by molar-refractivity contribution is 6.03. The van der Waals surface area contributed by atoms with Gasteiger partial charge in [0.2, 0.25) is 0 Å². The minimum absolute atomic E-state index is 0.00614. The number of fused-ring (bicyclic) bond motifs is 1. The van der Waals surface area contributed by atoms with Crippen LogP contribution in [0, 0.1) is 0 Å². The molecule has 11 nitrogen and oxygen atoms in total. The summed E-state index contributed by atoms with van der Waals surface area (Å²) >= 11 is 0. The SMILES string of the molecule is COc1cc2c(O)c(C(=O)NCC(=O)O)c(=O)n(Cc3nccn3C)c2cc1OC. The Morgan fingerprint density at radius 2 is 1.87 bits per heavy atom. The Bertz CT molecular complexity index is 1200. The molecule has 158 valence electrons.